The SMILES string of the molecule is Cc1ccc(-c2nnc(CCC(=O)N[C@H]3CCC[C@@H](C(F)(F)F)C3)o2)cc1. The molecule has 1 amide bonds. The van der Waals surface area contributed by atoms with Crippen LogP contribution >= 0.6 is 0 Å². The fraction of sp³-hybridized carbons (Fsp3) is 0.526. The first-order valence-electron chi connectivity index (χ1n) is 9.07. The third-order valence-corrected chi connectivity index (χ3v) is 4.83. The molecule has 0 aliphatic heterocycles. The van der Waals surface area contributed by atoms with Gasteiger partial charge in [-0.15, -0.1) is 10.2 Å². The molecule has 0 radical (unpaired) electrons. The topological polar surface area (TPSA) is 68.0 Å². The molecule has 146 valence electrons. The van der Waals surface area contributed by atoms with Crippen molar-refractivity contribution in [3.05, 3.63) is 35.7 Å². The van der Waals surface area contributed by atoms with Gasteiger partial charge < -0.3 is 9.73 Å². The number of carbonyl (C=O) groups excluding carboxylic acids is 1. The van der Waals surface area contributed by atoms with Crippen molar-refractivity contribution in [2.75, 3.05) is 0 Å². The number of hydrogen-bond acceptors (Lipinski definition) is 4. The van der Waals surface area contributed by atoms with Gasteiger partial charge in [0.1, 0.15) is 0 Å². The zero-order valence-electron chi connectivity index (χ0n) is 15.1. The molecule has 0 bridgehead atoms. The molecule has 1 aliphatic rings. The molecule has 1 aliphatic carbocycles. The van der Waals surface area contributed by atoms with Crippen LogP contribution in [0, 0.1) is 12.8 Å². The fourth-order valence-electron chi connectivity index (χ4n) is 3.31. The van der Waals surface area contributed by atoms with Crippen LogP contribution in [0.4, 0.5) is 13.2 Å². The molecular formula is C19H22F3N3O2. The van der Waals surface area contributed by atoms with E-state index in [9.17, 15) is 18.0 Å². The van der Waals surface area contributed by atoms with Crippen molar-refractivity contribution in [2.24, 2.45) is 5.92 Å². The minimum Gasteiger partial charge on any atom is -0.421 e. The molecule has 1 N–H and O–H groups in total. The number of alkyl halides is 3. The molecule has 2 atom stereocenters. The Kier molecular flexibility index (Phi) is 5.82. The molecule has 0 unspecified atom stereocenters. The number of rotatable bonds is 5. The van der Waals surface area contributed by atoms with E-state index in [1.165, 1.54) is 0 Å². The van der Waals surface area contributed by atoms with Gasteiger partial charge in [-0.2, -0.15) is 13.2 Å². The number of benzene rings is 1. The molecule has 0 saturated heterocycles. The predicted molar refractivity (Wildman–Crippen MR) is 92.7 cm³/mol. The summed E-state index contributed by atoms with van der Waals surface area (Å²) in [4.78, 5) is 12.1. The number of nitrogens with one attached hydrogen (secondary N) is 1. The van der Waals surface area contributed by atoms with Crippen LogP contribution < -0.4 is 5.32 Å². The Bertz CT molecular complexity index is 771. The first-order valence-corrected chi connectivity index (χ1v) is 9.07. The number of aryl methyl sites for hydroxylation is 2. The molecule has 0 spiro atoms. The van der Waals surface area contributed by atoms with Crippen LogP contribution in [0.2, 0.25) is 0 Å². The highest BCUT2D eigenvalue weighted by Gasteiger charge is 2.42. The highest BCUT2D eigenvalue weighted by Crippen LogP contribution is 2.37. The Hall–Kier alpha value is -2.38. The van der Waals surface area contributed by atoms with Gasteiger partial charge in [0.15, 0.2) is 0 Å². The lowest BCUT2D eigenvalue weighted by atomic mass is 9.85. The van der Waals surface area contributed by atoms with Gasteiger partial charge in [0.25, 0.3) is 0 Å². The Morgan fingerprint density at radius 1 is 1.22 bits per heavy atom. The molecule has 1 fully saturated rings. The standard InChI is InChI=1S/C19H22F3N3O2/c1-12-5-7-13(8-6-12)18-25-24-17(27-18)10-9-16(26)23-15-4-2-3-14(11-15)19(20,21)22/h5-8,14-15H,2-4,9-11H2,1H3,(H,23,26)/t14-,15+/m1/s1. The van der Waals surface area contributed by atoms with Gasteiger partial charge in [-0.1, -0.05) is 24.1 Å². The number of amides is 1. The van der Waals surface area contributed by atoms with Crippen molar-refractivity contribution in [2.45, 2.75) is 57.7 Å². The number of nitrogens with zero attached hydrogens (tertiary/aromatic N) is 2. The monoisotopic (exact) mass is 381 g/mol. The van der Waals surface area contributed by atoms with Gasteiger partial charge >= 0.3 is 6.18 Å². The van der Waals surface area contributed by atoms with Crippen molar-refractivity contribution in [3.63, 3.8) is 0 Å². The van der Waals surface area contributed by atoms with E-state index in [1.807, 2.05) is 31.2 Å². The van der Waals surface area contributed by atoms with Crippen molar-refractivity contribution in [1.29, 1.82) is 0 Å². The second-order valence-electron chi connectivity index (χ2n) is 7.04. The van der Waals surface area contributed by atoms with Crippen molar-refractivity contribution in [1.82, 2.24) is 15.5 Å². The van der Waals surface area contributed by atoms with Crippen LogP contribution in [0.1, 0.15) is 43.6 Å². The number of hydrogen-bond donors (Lipinski definition) is 1. The van der Waals surface area contributed by atoms with Gasteiger partial charge in [-0.25, -0.2) is 0 Å². The second kappa shape index (κ2) is 8.10. The number of carbonyl (C=O) groups is 1. The lowest BCUT2D eigenvalue weighted by Crippen LogP contribution is -2.41. The largest absolute Gasteiger partial charge is 0.421 e. The maximum atomic E-state index is 12.8. The minimum atomic E-state index is -4.19. The average molecular weight is 381 g/mol. The molecular weight excluding hydrogens is 359 g/mol. The summed E-state index contributed by atoms with van der Waals surface area (Å²) in [5.41, 5.74) is 1.91. The summed E-state index contributed by atoms with van der Waals surface area (Å²) < 4.78 is 44.1. The summed E-state index contributed by atoms with van der Waals surface area (Å²) in [6.45, 7) is 1.98. The van der Waals surface area contributed by atoms with E-state index in [2.05, 4.69) is 15.5 Å². The zero-order valence-corrected chi connectivity index (χ0v) is 15.1. The van der Waals surface area contributed by atoms with Crippen molar-refractivity contribution in [3.8, 4) is 11.5 Å². The summed E-state index contributed by atoms with van der Waals surface area (Å²) in [5.74, 6) is -0.911. The summed E-state index contributed by atoms with van der Waals surface area (Å²) >= 11 is 0. The Balaban J connectivity index is 1.49. The number of aromatic nitrogens is 2. The van der Waals surface area contributed by atoms with Crippen LogP contribution in [-0.4, -0.2) is 28.3 Å². The van der Waals surface area contributed by atoms with E-state index in [4.69, 9.17) is 4.42 Å². The molecule has 8 heteroatoms. The van der Waals surface area contributed by atoms with Crippen LogP contribution in [0.15, 0.2) is 28.7 Å². The molecule has 1 saturated carbocycles. The smallest absolute Gasteiger partial charge is 0.391 e. The molecule has 27 heavy (non-hydrogen) atoms. The molecule has 1 aromatic heterocycles. The Morgan fingerprint density at radius 3 is 2.67 bits per heavy atom. The van der Waals surface area contributed by atoms with Crippen LogP contribution in [-0.2, 0) is 11.2 Å². The summed E-state index contributed by atoms with van der Waals surface area (Å²) in [6.07, 6.45) is -2.70. The predicted octanol–water partition coefficient (Wildman–Crippen LogP) is 4.21. The molecule has 5 nitrogen and oxygen atoms in total. The second-order valence-corrected chi connectivity index (χ2v) is 7.04. The van der Waals surface area contributed by atoms with E-state index in [1.54, 1.807) is 0 Å². The Labute approximate surface area is 155 Å². The zero-order chi connectivity index (χ0) is 19.4. The average Bonchev–Trinajstić information content (AvgIpc) is 3.09. The summed E-state index contributed by atoms with van der Waals surface area (Å²) in [7, 11) is 0. The van der Waals surface area contributed by atoms with Crippen molar-refractivity contribution >= 4 is 5.91 Å². The first-order chi connectivity index (χ1) is 12.8. The van der Waals surface area contributed by atoms with Gasteiger partial charge in [-0.05, 0) is 38.3 Å². The Morgan fingerprint density at radius 2 is 1.96 bits per heavy atom. The maximum Gasteiger partial charge on any atom is 0.391 e. The van der Waals surface area contributed by atoms with Gasteiger partial charge in [0.05, 0.1) is 5.92 Å². The lowest BCUT2D eigenvalue weighted by molar-refractivity contribution is -0.184. The van der Waals surface area contributed by atoms with Gasteiger partial charge in [0, 0.05) is 24.4 Å². The summed E-state index contributed by atoms with van der Waals surface area (Å²) in [5, 5.41) is 10.6. The molecule has 2 aromatic rings. The van der Waals surface area contributed by atoms with Gasteiger partial charge in [-0.3, -0.25) is 4.79 Å². The lowest BCUT2D eigenvalue weighted by Gasteiger charge is -2.31. The summed E-state index contributed by atoms with van der Waals surface area (Å²) in [6, 6.07) is 7.19. The fourth-order valence-corrected chi connectivity index (χ4v) is 3.31. The normalized spacial score (nSPS) is 20.4. The molecule has 1 aromatic carbocycles. The third-order valence-electron chi connectivity index (χ3n) is 4.83. The minimum absolute atomic E-state index is 0.0482. The van der Waals surface area contributed by atoms with Crippen LogP contribution in [0.25, 0.3) is 11.5 Å². The van der Waals surface area contributed by atoms with E-state index >= 15 is 0 Å². The van der Waals surface area contributed by atoms with Crippen LogP contribution in [0.5, 0.6) is 0 Å². The first kappa shape index (κ1) is 19.4. The molecule has 1 heterocycles. The highest BCUT2D eigenvalue weighted by atomic mass is 19.4. The van der Waals surface area contributed by atoms with Gasteiger partial charge in [0.2, 0.25) is 17.7 Å². The highest BCUT2D eigenvalue weighted by molar-refractivity contribution is 5.76. The quantitative estimate of drug-likeness (QED) is 0.842. The van der Waals surface area contributed by atoms with E-state index in [-0.39, 0.29) is 31.6 Å². The molecule has 3 rings (SSSR count). The van der Waals surface area contributed by atoms with Crippen molar-refractivity contribution < 1.29 is 22.4 Å². The van der Waals surface area contributed by atoms with Crippen LogP contribution in [0.3, 0.4) is 0 Å². The van der Waals surface area contributed by atoms with E-state index in [0.29, 0.717) is 24.6 Å². The third kappa shape index (κ3) is 5.30. The van der Waals surface area contributed by atoms with E-state index < -0.39 is 18.1 Å². The maximum absolute atomic E-state index is 12.8. The van der Waals surface area contributed by atoms with E-state index in [0.717, 1.165) is 11.1 Å². The number of halogens is 3.